The molecule has 2 aromatic carbocycles. The van der Waals surface area contributed by atoms with E-state index in [-0.39, 0.29) is 16.4 Å². The number of rotatable bonds is 7. The summed E-state index contributed by atoms with van der Waals surface area (Å²) >= 11 is 1.07. The van der Waals surface area contributed by atoms with Gasteiger partial charge in [0, 0.05) is 30.6 Å². The third-order valence-corrected chi connectivity index (χ3v) is 7.72. The lowest BCUT2D eigenvalue weighted by Gasteiger charge is -2.33. The maximum Gasteiger partial charge on any atom is 0.286 e. The van der Waals surface area contributed by atoms with Gasteiger partial charge in [0.25, 0.3) is 5.24 Å². The van der Waals surface area contributed by atoms with Crippen molar-refractivity contribution in [2.75, 3.05) is 18.0 Å². The molecule has 186 valence electrons. The van der Waals surface area contributed by atoms with Gasteiger partial charge >= 0.3 is 0 Å². The molecule has 2 N–H and O–H groups in total. The van der Waals surface area contributed by atoms with Gasteiger partial charge in [0.1, 0.15) is 0 Å². The van der Waals surface area contributed by atoms with Gasteiger partial charge in [-0.15, -0.1) is 0 Å². The van der Waals surface area contributed by atoms with Crippen LogP contribution in [-0.2, 0) is 11.2 Å². The number of nitrogens with zero attached hydrogens (tertiary/aromatic N) is 3. The van der Waals surface area contributed by atoms with Crippen molar-refractivity contribution in [3.63, 3.8) is 0 Å². The molecule has 1 aromatic heterocycles. The van der Waals surface area contributed by atoms with Crippen molar-refractivity contribution in [2.45, 2.75) is 50.9 Å². The van der Waals surface area contributed by atoms with Crippen molar-refractivity contribution in [1.82, 2.24) is 15.3 Å². The number of imide groups is 1. The minimum atomic E-state index is -0.517. The number of anilines is 1. The van der Waals surface area contributed by atoms with Gasteiger partial charge in [0.05, 0.1) is 28.4 Å². The van der Waals surface area contributed by atoms with Crippen LogP contribution in [0.3, 0.4) is 0 Å². The number of nitrogens with one attached hydrogen (secondary N) is 1. The van der Waals surface area contributed by atoms with Crippen LogP contribution in [0.15, 0.2) is 48.5 Å². The molecule has 2 unspecified atom stereocenters. The fourth-order valence-electron chi connectivity index (χ4n) is 4.72. The van der Waals surface area contributed by atoms with Gasteiger partial charge in [-0.25, -0.2) is 9.97 Å². The van der Waals surface area contributed by atoms with Gasteiger partial charge in [-0.1, -0.05) is 77.8 Å². The van der Waals surface area contributed by atoms with Crippen LogP contribution in [0.4, 0.5) is 10.6 Å². The van der Waals surface area contributed by atoms with Gasteiger partial charge in [-0.2, -0.15) is 0 Å². The number of unbranched alkanes of at least 4 members (excludes halogenated alkanes) is 1. The topological polar surface area (TPSA) is 95.4 Å². The van der Waals surface area contributed by atoms with E-state index in [2.05, 4.69) is 72.6 Å². The fraction of sp³-hybridized carbons (Fsp3) is 0.357. The number of aliphatic hydroxyl groups excluding tert-OH is 1. The first-order valence-electron chi connectivity index (χ1n) is 12.4. The van der Waals surface area contributed by atoms with Crippen LogP contribution in [0.2, 0.25) is 0 Å². The predicted molar refractivity (Wildman–Crippen MR) is 143 cm³/mol. The second kappa shape index (κ2) is 10.4. The molecule has 2 aliphatic heterocycles. The highest BCUT2D eigenvalue weighted by atomic mass is 32.2. The van der Waals surface area contributed by atoms with Crippen LogP contribution in [0.25, 0.3) is 22.5 Å². The number of benzene rings is 2. The number of aromatic nitrogens is 2. The average molecular weight is 503 g/mol. The zero-order valence-corrected chi connectivity index (χ0v) is 21.3. The van der Waals surface area contributed by atoms with Crippen LogP contribution >= 0.6 is 11.8 Å². The Hall–Kier alpha value is -3.23. The van der Waals surface area contributed by atoms with Crippen molar-refractivity contribution in [2.24, 2.45) is 0 Å². The molecule has 3 heterocycles. The Bertz CT molecular complexity index is 1280. The summed E-state index contributed by atoms with van der Waals surface area (Å²) in [6, 6.07) is 16.6. The van der Waals surface area contributed by atoms with Crippen LogP contribution in [0, 0.1) is 13.8 Å². The lowest BCUT2D eigenvalue weighted by Crippen LogP contribution is -2.40. The first kappa shape index (κ1) is 24.5. The normalized spacial score (nSPS) is 19.4. The summed E-state index contributed by atoms with van der Waals surface area (Å²) in [5, 5.41) is 12.4. The Morgan fingerprint density at radius 1 is 0.944 bits per heavy atom. The second-order valence-corrected chi connectivity index (χ2v) is 10.8. The number of carbonyl (C=O) groups excluding carboxylic acids is 2. The molecule has 1 fully saturated rings. The molecular formula is C28H30N4O3S. The van der Waals surface area contributed by atoms with Gasteiger partial charge in [-0.3, -0.25) is 14.9 Å². The van der Waals surface area contributed by atoms with E-state index in [0.717, 1.165) is 58.6 Å². The van der Waals surface area contributed by atoms with E-state index in [0.29, 0.717) is 25.9 Å². The highest BCUT2D eigenvalue weighted by Crippen LogP contribution is 2.35. The molecule has 3 aromatic rings. The quantitative estimate of drug-likeness (QED) is 0.453. The first-order chi connectivity index (χ1) is 17.4. The highest BCUT2D eigenvalue weighted by molar-refractivity contribution is 8.15. The number of hydrogen-bond donors (Lipinski definition) is 2. The Morgan fingerprint density at radius 3 is 2.14 bits per heavy atom. The van der Waals surface area contributed by atoms with Crippen molar-refractivity contribution < 1.29 is 14.7 Å². The molecule has 0 bridgehead atoms. The monoisotopic (exact) mass is 502 g/mol. The molecule has 0 aliphatic carbocycles. The van der Waals surface area contributed by atoms with Crippen molar-refractivity contribution in [1.29, 1.82) is 0 Å². The molecule has 1 saturated heterocycles. The number of thioether (sulfide) groups is 1. The Labute approximate surface area is 215 Å². The third kappa shape index (κ3) is 5.29. The zero-order valence-electron chi connectivity index (χ0n) is 20.5. The molecule has 36 heavy (non-hydrogen) atoms. The molecule has 2 aliphatic rings. The summed E-state index contributed by atoms with van der Waals surface area (Å²) in [7, 11) is 0. The minimum Gasteiger partial charge on any atom is -0.391 e. The van der Waals surface area contributed by atoms with E-state index >= 15 is 0 Å². The van der Waals surface area contributed by atoms with Gasteiger partial charge < -0.3 is 10.0 Å². The van der Waals surface area contributed by atoms with Crippen molar-refractivity contribution in [3.05, 3.63) is 65.4 Å². The van der Waals surface area contributed by atoms with E-state index in [9.17, 15) is 14.7 Å². The van der Waals surface area contributed by atoms with E-state index < -0.39 is 6.10 Å². The molecule has 8 heteroatoms. The number of β-amino-alcohol motifs (C(OH)–C–C–N with tert-alkyl or cyclic N) is 1. The minimum absolute atomic E-state index is 0.194. The zero-order chi connectivity index (χ0) is 25.2. The molecule has 5 rings (SSSR count). The van der Waals surface area contributed by atoms with E-state index in [1.807, 2.05) is 0 Å². The molecular weight excluding hydrogens is 472 g/mol. The smallest absolute Gasteiger partial charge is 0.286 e. The van der Waals surface area contributed by atoms with Crippen LogP contribution in [0.1, 0.15) is 36.1 Å². The molecule has 0 spiro atoms. The Morgan fingerprint density at radius 2 is 1.56 bits per heavy atom. The summed E-state index contributed by atoms with van der Waals surface area (Å²) in [5.74, 6) is 0.621. The number of fused-ring (bicyclic) bond motifs is 1. The van der Waals surface area contributed by atoms with Crippen molar-refractivity contribution in [3.8, 4) is 22.5 Å². The predicted octanol–water partition coefficient (Wildman–Crippen LogP) is 4.67. The molecule has 7 nitrogen and oxygen atoms in total. The summed E-state index contributed by atoms with van der Waals surface area (Å²) in [4.78, 5) is 35.6. The molecule has 0 saturated carbocycles. The second-order valence-electron chi connectivity index (χ2n) is 9.61. The number of hydrogen-bond acceptors (Lipinski definition) is 7. The number of carbonyl (C=O) groups is 2. The Balaban J connectivity index is 1.43. The third-order valence-electron chi connectivity index (χ3n) is 6.67. The van der Waals surface area contributed by atoms with E-state index in [1.54, 1.807) is 0 Å². The van der Waals surface area contributed by atoms with E-state index in [4.69, 9.17) is 9.97 Å². The Kier molecular flexibility index (Phi) is 7.07. The molecule has 0 radical (unpaired) electrons. The summed E-state index contributed by atoms with van der Waals surface area (Å²) < 4.78 is 0. The largest absolute Gasteiger partial charge is 0.391 e. The lowest BCUT2D eigenvalue weighted by molar-refractivity contribution is -0.119. The summed E-state index contributed by atoms with van der Waals surface area (Å²) in [6.07, 6.45) is 2.23. The van der Waals surface area contributed by atoms with Gasteiger partial charge in [0.2, 0.25) is 5.91 Å². The maximum atomic E-state index is 11.8. The van der Waals surface area contributed by atoms with Crippen molar-refractivity contribution >= 4 is 28.7 Å². The fourth-order valence-corrected chi connectivity index (χ4v) is 5.59. The number of amides is 2. The van der Waals surface area contributed by atoms with Crippen LogP contribution in [-0.4, -0.2) is 50.7 Å². The summed E-state index contributed by atoms with van der Waals surface area (Å²) in [6.45, 7) is 5.32. The highest BCUT2D eigenvalue weighted by Gasteiger charge is 2.31. The van der Waals surface area contributed by atoms with Gasteiger partial charge in [0.15, 0.2) is 5.82 Å². The average Bonchev–Trinajstić information content (AvgIpc) is 3.18. The van der Waals surface area contributed by atoms with E-state index in [1.165, 1.54) is 11.1 Å². The number of aryl methyl sites for hydroxylation is 2. The first-order valence-corrected chi connectivity index (χ1v) is 13.2. The maximum absolute atomic E-state index is 11.8. The standard InChI is InChI=1S/C28H30N4O3S/c1-17-6-10-19(11-7-17)24-25(20-12-8-18(2)9-13-20)30-26-22(29-24)15-21(33)16-32(26)14-4-3-5-23-27(34)31-28(35)36-23/h6-13,21,23,33H,3-5,14-16H2,1-2H3,(H,31,34,35). The molecule has 2 atom stereocenters. The lowest BCUT2D eigenvalue weighted by atomic mass is 10.00. The molecule has 2 amide bonds. The van der Waals surface area contributed by atoms with Crippen LogP contribution < -0.4 is 10.2 Å². The SMILES string of the molecule is Cc1ccc(-c2nc3c(nc2-c2ccc(C)cc2)N(CCCCC2SC(=O)NC2=O)CC(O)C3)cc1. The number of aliphatic hydroxyl groups is 1. The summed E-state index contributed by atoms with van der Waals surface area (Å²) in [5.41, 5.74) is 6.82. The van der Waals surface area contributed by atoms with Crippen LogP contribution in [0.5, 0.6) is 0 Å². The van der Waals surface area contributed by atoms with Gasteiger partial charge in [-0.05, 0) is 26.7 Å².